The van der Waals surface area contributed by atoms with Crippen molar-refractivity contribution in [3.8, 4) is 5.75 Å². The highest BCUT2D eigenvalue weighted by molar-refractivity contribution is 9.10. The minimum Gasteiger partial charge on any atom is -0.490 e. The molecule has 1 spiro atoms. The van der Waals surface area contributed by atoms with Gasteiger partial charge in [-0.15, -0.1) is 0 Å². The predicted molar refractivity (Wildman–Crippen MR) is 87.7 cm³/mol. The highest BCUT2D eigenvalue weighted by Crippen LogP contribution is 2.43. The standard InChI is InChI=1S/C16H20Br2O2/c1-11-7-13(18)8-12(10-17)15(11)20-14-3-6-19-16(9-14)4-2-5-16/h7-8,14H,2-6,9-10H2,1H3. The van der Waals surface area contributed by atoms with Gasteiger partial charge in [-0.25, -0.2) is 0 Å². The van der Waals surface area contributed by atoms with Gasteiger partial charge in [-0.1, -0.05) is 31.9 Å². The number of halogens is 2. The van der Waals surface area contributed by atoms with E-state index in [2.05, 4.69) is 50.9 Å². The van der Waals surface area contributed by atoms with Gasteiger partial charge < -0.3 is 9.47 Å². The first-order valence-electron chi connectivity index (χ1n) is 7.27. The zero-order valence-corrected chi connectivity index (χ0v) is 14.9. The Bertz CT molecular complexity index is 497. The molecular formula is C16H20Br2O2. The largest absolute Gasteiger partial charge is 0.490 e. The van der Waals surface area contributed by atoms with Crippen LogP contribution < -0.4 is 4.74 Å². The normalized spacial score (nSPS) is 24.4. The quantitative estimate of drug-likeness (QED) is 0.651. The second-order valence-corrected chi connectivity index (χ2v) is 7.44. The van der Waals surface area contributed by atoms with Gasteiger partial charge in [0.2, 0.25) is 0 Å². The Balaban J connectivity index is 1.77. The van der Waals surface area contributed by atoms with Gasteiger partial charge in [0.25, 0.3) is 0 Å². The van der Waals surface area contributed by atoms with Crippen LogP contribution in [0.3, 0.4) is 0 Å². The van der Waals surface area contributed by atoms with E-state index in [0.29, 0.717) is 6.10 Å². The third kappa shape index (κ3) is 2.93. The number of hydrogen-bond donors (Lipinski definition) is 0. The molecule has 20 heavy (non-hydrogen) atoms. The fraction of sp³-hybridized carbons (Fsp3) is 0.625. The van der Waals surface area contributed by atoms with Crippen LogP contribution in [-0.2, 0) is 10.1 Å². The molecule has 1 atom stereocenters. The summed E-state index contributed by atoms with van der Waals surface area (Å²) in [6.07, 6.45) is 6.05. The number of benzene rings is 1. The molecule has 4 heteroatoms. The lowest BCUT2D eigenvalue weighted by molar-refractivity contribution is -0.153. The van der Waals surface area contributed by atoms with Crippen molar-refractivity contribution in [2.75, 3.05) is 6.61 Å². The van der Waals surface area contributed by atoms with Crippen LogP contribution in [0.15, 0.2) is 16.6 Å². The van der Waals surface area contributed by atoms with Crippen LogP contribution in [0.2, 0.25) is 0 Å². The molecule has 1 saturated carbocycles. The second kappa shape index (κ2) is 5.98. The van der Waals surface area contributed by atoms with Gasteiger partial charge in [0.15, 0.2) is 0 Å². The lowest BCUT2D eigenvalue weighted by Gasteiger charge is -2.47. The number of aryl methyl sites for hydroxylation is 1. The molecule has 1 aromatic rings. The SMILES string of the molecule is Cc1cc(Br)cc(CBr)c1OC1CCOC2(CCC2)C1. The fourth-order valence-corrected chi connectivity index (χ4v) is 4.27. The van der Waals surface area contributed by atoms with Crippen molar-refractivity contribution in [2.45, 2.75) is 56.1 Å². The molecular weight excluding hydrogens is 384 g/mol. The topological polar surface area (TPSA) is 18.5 Å². The van der Waals surface area contributed by atoms with Gasteiger partial charge in [-0.3, -0.25) is 0 Å². The number of rotatable bonds is 3. The van der Waals surface area contributed by atoms with E-state index in [1.807, 2.05) is 0 Å². The summed E-state index contributed by atoms with van der Waals surface area (Å²) in [4.78, 5) is 0. The van der Waals surface area contributed by atoms with Crippen molar-refractivity contribution < 1.29 is 9.47 Å². The zero-order valence-electron chi connectivity index (χ0n) is 11.8. The van der Waals surface area contributed by atoms with Crippen LogP contribution >= 0.6 is 31.9 Å². The molecule has 2 fully saturated rings. The van der Waals surface area contributed by atoms with E-state index in [-0.39, 0.29) is 5.60 Å². The van der Waals surface area contributed by atoms with Crippen molar-refractivity contribution >= 4 is 31.9 Å². The fourth-order valence-electron chi connectivity index (χ4n) is 3.24. The van der Waals surface area contributed by atoms with Crippen LogP contribution in [0.25, 0.3) is 0 Å². The Labute approximate surface area is 137 Å². The average Bonchev–Trinajstić information content (AvgIpc) is 2.40. The maximum atomic E-state index is 6.36. The predicted octanol–water partition coefficient (Wildman–Crippen LogP) is 5.13. The minimum atomic E-state index is 0.140. The maximum absolute atomic E-state index is 6.36. The molecule has 0 amide bonds. The lowest BCUT2D eigenvalue weighted by Crippen LogP contribution is -2.48. The highest BCUT2D eigenvalue weighted by Gasteiger charge is 2.43. The van der Waals surface area contributed by atoms with E-state index in [4.69, 9.17) is 9.47 Å². The first-order valence-corrected chi connectivity index (χ1v) is 9.19. The third-order valence-corrected chi connectivity index (χ3v) is 5.52. The Morgan fingerprint density at radius 3 is 2.85 bits per heavy atom. The molecule has 2 aliphatic rings. The van der Waals surface area contributed by atoms with E-state index in [9.17, 15) is 0 Å². The smallest absolute Gasteiger partial charge is 0.126 e. The van der Waals surface area contributed by atoms with E-state index in [1.165, 1.54) is 30.4 Å². The number of alkyl halides is 1. The molecule has 110 valence electrons. The van der Waals surface area contributed by atoms with Crippen molar-refractivity contribution in [2.24, 2.45) is 0 Å². The summed E-state index contributed by atoms with van der Waals surface area (Å²) >= 11 is 7.12. The van der Waals surface area contributed by atoms with Gasteiger partial charge in [0.05, 0.1) is 12.2 Å². The summed E-state index contributed by atoms with van der Waals surface area (Å²) < 4.78 is 13.5. The average molecular weight is 404 g/mol. The Hall–Kier alpha value is -0.0600. The molecule has 1 saturated heterocycles. The molecule has 0 radical (unpaired) electrons. The van der Waals surface area contributed by atoms with Gasteiger partial charge in [-0.2, -0.15) is 0 Å². The first-order chi connectivity index (χ1) is 9.62. The monoisotopic (exact) mass is 402 g/mol. The Morgan fingerprint density at radius 1 is 1.40 bits per heavy atom. The van der Waals surface area contributed by atoms with Gasteiger partial charge >= 0.3 is 0 Å². The Kier molecular flexibility index (Phi) is 4.44. The van der Waals surface area contributed by atoms with E-state index in [0.717, 1.165) is 35.0 Å². The van der Waals surface area contributed by atoms with Crippen LogP contribution in [0.1, 0.15) is 43.2 Å². The van der Waals surface area contributed by atoms with Gasteiger partial charge in [-0.05, 0) is 43.9 Å². The highest BCUT2D eigenvalue weighted by atomic mass is 79.9. The molecule has 0 N–H and O–H groups in total. The summed E-state index contributed by atoms with van der Waals surface area (Å²) in [5, 5.41) is 0.816. The molecule has 1 aromatic carbocycles. The maximum Gasteiger partial charge on any atom is 0.126 e. The second-order valence-electron chi connectivity index (χ2n) is 5.96. The summed E-state index contributed by atoms with van der Waals surface area (Å²) in [5.41, 5.74) is 2.55. The van der Waals surface area contributed by atoms with Crippen molar-refractivity contribution in [1.29, 1.82) is 0 Å². The molecule has 0 aromatic heterocycles. The van der Waals surface area contributed by atoms with Gasteiger partial charge in [0, 0.05) is 28.2 Å². The lowest BCUT2D eigenvalue weighted by atomic mass is 9.74. The molecule has 1 aliphatic carbocycles. The number of hydrogen-bond acceptors (Lipinski definition) is 2. The van der Waals surface area contributed by atoms with Crippen molar-refractivity contribution in [1.82, 2.24) is 0 Å². The van der Waals surface area contributed by atoms with Gasteiger partial charge in [0.1, 0.15) is 11.9 Å². The third-order valence-electron chi connectivity index (χ3n) is 4.46. The summed E-state index contributed by atoms with van der Waals surface area (Å²) in [5.74, 6) is 1.05. The number of ether oxygens (including phenoxy) is 2. The first kappa shape index (κ1) is 14.9. The van der Waals surface area contributed by atoms with E-state index >= 15 is 0 Å². The zero-order chi connectivity index (χ0) is 14.2. The van der Waals surface area contributed by atoms with Crippen LogP contribution in [0, 0.1) is 6.92 Å². The Morgan fingerprint density at radius 2 is 2.20 bits per heavy atom. The van der Waals surface area contributed by atoms with Crippen LogP contribution in [0.4, 0.5) is 0 Å². The van der Waals surface area contributed by atoms with Crippen LogP contribution in [0.5, 0.6) is 5.75 Å². The summed E-state index contributed by atoms with van der Waals surface area (Å²) in [6.45, 7) is 2.95. The minimum absolute atomic E-state index is 0.140. The molecule has 3 rings (SSSR count). The summed E-state index contributed by atoms with van der Waals surface area (Å²) in [6, 6.07) is 4.26. The molecule has 1 aliphatic heterocycles. The molecule has 1 unspecified atom stereocenters. The molecule has 0 bridgehead atoms. The van der Waals surface area contributed by atoms with E-state index < -0.39 is 0 Å². The van der Waals surface area contributed by atoms with E-state index in [1.54, 1.807) is 0 Å². The molecule has 2 nitrogen and oxygen atoms in total. The van der Waals surface area contributed by atoms with Crippen LogP contribution in [-0.4, -0.2) is 18.3 Å². The van der Waals surface area contributed by atoms with Crippen molar-refractivity contribution in [3.05, 3.63) is 27.7 Å². The molecule has 1 heterocycles. The van der Waals surface area contributed by atoms with Crippen molar-refractivity contribution in [3.63, 3.8) is 0 Å². The summed E-state index contributed by atoms with van der Waals surface area (Å²) in [7, 11) is 0.